The normalized spacial score (nSPS) is 18.6. The Balaban J connectivity index is 2.47. The maximum atomic E-state index is 11.8. The minimum absolute atomic E-state index is 0.00991. The molecule has 0 aliphatic carbocycles. The molecular weight excluding hydrogens is 234 g/mol. The van der Waals surface area contributed by atoms with Crippen molar-refractivity contribution >= 4 is 11.9 Å². The van der Waals surface area contributed by atoms with Crippen LogP contribution in [0.5, 0.6) is 0 Å². The van der Waals surface area contributed by atoms with E-state index in [9.17, 15) is 9.59 Å². The van der Waals surface area contributed by atoms with Crippen LogP contribution in [0.2, 0.25) is 0 Å². The summed E-state index contributed by atoms with van der Waals surface area (Å²) in [5, 5.41) is 2.70. The number of ether oxygens (including phenoxy) is 2. The van der Waals surface area contributed by atoms with Crippen molar-refractivity contribution < 1.29 is 19.1 Å². The molecule has 1 N–H and O–H groups in total. The van der Waals surface area contributed by atoms with E-state index in [0.29, 0.717) is 0 Å². The van der Waals surface area contributed by atoms with Crippen LogP contribution in [-0.2, 0) is 19.1 Å². The molecule has 1 amide bonds. The number of amides is 1. The smallest absolute Gasteiger partial charge is 0.340 e. The molecule has 0 radical (unpaired) electrons. The first-order chi connectivity index (χ1) is 8.69. The van der Waals surface area contributed by atoms with Gasteiger partial charge in [-0.3, -0.25) is 4.79 Å². The van der Waals surface area contributed by atoms with Crippen molar-refractivity contribution in [1.29, 1.82) is 0 Å². The van der Waals surface area contributed by atoms with Crippen LogP contribution in [0.4, 0.5) is 0 Å². The van der Waals surface area contributed by atoms with Crippen LogP contribution in [0.25, 0.3) is 0 Å². The Bertz CT molecular complexity index is 507. The van der Waals surface area contributed by atoms with Crippen molar-refractivity contribution in [3.63, 3.8) is 0 Å². The molecule has 5 heteroatoms. The molecule has 18 heavy (non-hydrogen) atoms. The summed E-state index contributed by atoms with van der Waals surface area (Å²) >= 11 is 0. The van der Waals surface area contributed by atoms with Gasteiger partial charge in [-0.05, 0) is 5.56 Å². The number of carbonyl (C=O) groups excluding carboxylic acids is 2. The summed E-state index contributed by atoms with van der Waals surface area (Å²) < 4.78 is 9.67. The number of benzene rings is 1. The molecule has 0 fully saturated rings. The van der Waals surface area contributed by atoms with Crippen LogP contribution >= 0.6 is 0 Å². The van der Waals surface area contributed by atoms with Gasteiger partial charge in [-0.1, -0.05) is 30.3 Å². The van der Waals surface area contributed by atoms with E-state index in [1.807, 2.05) is 30.3 Å². The van der Waals surface area contributed by atoms with E-state index in [0.717, 1.165) is 5.56 Å². The van der Waals surface area contributed by atoms with Gasteiger partial charge in [-0.2, -0.15) is 0 Å². The van der Waals surface area contributed by atoms with E-state index in [-0.39, 0.29) is 11.3 Å². The molecule has 1 aromatic carbocycles. The number of hydrogen-bond donors (Lipinski definition) is 1. The Kier molecular flexibility index (Phi) is 3.32. The molecule has 1 aliphatic heterocycles. The number of rotatable bonds is 3. The standard InChI is InChI=1S/C13H13NO4/c1-17-11-9(13(16)18-2)10(14-12(11)15)8-6-4-3-5-7-8/h3-7,10H,1-2H3,(H,14,15). The number of carbonyl (C=O) groups is 2. The zero-order valence-corrected chi connectivity index (χ0v) is 10.1. The number of methoxy groups -OCH3 is 2. The summed E-state index contributed by atoms with van der Waals surface area (Å²) in [4.78, 5) is 23.5. The lowest BCUT2D eigenvalue weighted by Gasteiger charge is -2.13. The predicted octanol–water partition coefficient (Wildman–Crippen LogP) is 0.931. The number of hydrogen-bond acceptors (Lipinski definition) is 4. The van der Waals surface area contributed by atoms with E-state index in [4.69, 9.17) is 9.47 Å². The maximum Gasteiger partial charge on any atom is 0.340 e. The minimum Gasteiger partial charge on any atom is -0.491 e. The van der Waals surface area contributed by atoms with E-state index >= 15 is 0 Å². The van der Waals surface area contributed by atoms with Gasteiger partial charge in [0.1, 0.15) is 5.57 Å². The summed E-state index contributed by atoms with van der Waals surface area (Å²) in [5.41, 5.74) is 1.01. The van der Waals surface area contributed by atoms with Gasteiger partial charge in [0.25, 0.3) is 5.91 Å². The molecule has 0 saturated carbocycles. The Morgan fingerprint density at radius 3 is 2.44 bits per heavy atom. The monoisotopic (exact) mass is 247 g/mol. The van der Waals surface area contributed by atoms with Crippen LogP contribution < -0.4 is 5.32 Å². The van der Waals surface area contributed by atoms with Crippen LogP contribution in [-0.4, -0.2) is 26.1 Å². The van der Waals surface area contributed by atoms with E-state index < -0.39 is 17.9 Å². The zero-order chi connectivity index (χ0) is 13.1. The zero-order valence-electron chi connectivity index (χ0n) is 10.1. The summed E-state index contributed by atoms with van der Waals surface area (Å²) in [5.74, 6) is -0.971. The highest BCUT2D eigenvalue weighted by molar-refractivity contribution is 6.06. The average Bonchev–Trinajstić information content (AvgIpc) is 2.75. The topological polar surface area (TPSA) is 64.6 Å². The lowest BCUT2D eigenvalue weighted by Crippen LogP contribution is -2.23. The van der Waals surface area contributed by atoms with Gasteiger partial charge in [-0.25, -0.2) is 4.79 Å². The first-order valence-corrected chi connectivity index (χ1v) is 5.41. The second-order valence-corrected chi connectivity index (χ2v) is 3.76. The predicted molar refractivity (Wildman–Crippen MR) is 63.4 cm³/mol. The van der Waals surface area contributed by atoms with E-state index in [1.54, 1.807) is 0 Å². The Labute approximate surface area is 104 Å². The fourth-order valence-corrected chi connectivity index (χ4v) is 1.94. The van der Waals surface area contributed by atoms with Crippen molar-refractivity contribution in [3.05, 3.63) is 47.2 Å². The van der Waals surface area contributed by atoms with Crippen LogP contribution in [0.3, 0.4) is 0 Å². The summed E-state index contributed by atoms with van der Waals surface area (Å²) in [6.07, 6.45) is 0. The van der Waals surface area contributed by atoms with Gasteiger partial charge in [0.15, 0.2) is 5.76 Å². The lowest BCUT2D eigenvalue weighted by molar-refractivity contribution is -0.136. The SMILES string of the molecule is COC(=O)C1=C(OC)C(=O)NC1c1ccccc1. The molecule has 2 rings (SSSR count). The molecule has 0 bridgehead atoms. The molecule has 0 saturated heterocycles. The van der Waals surface area contributed by atoms with Gasteiger partial charge in [0.05, 0.1) is 20.3 Å². The average molecular weight is 247 g/mol. The first-order valence-electron chi connectivity index (χ1n) is 5.41. The van der Waals surface area contributed by atoms with Crippen molar-refractivity contribution in [2.45, 2.75) is 6.04 Å². The van der Waals surface area contributed by atoms with Gasteiger partial charge >= 0.3 is 5.97 Å². The van der Waals surface area contributed by atoms with Gasteiger partial charge in [0.2, 0.25) is 0 Å². The lowest BCUT2D eigenvalue weighted by atomic mass is 10.0. The minimum atomic E-state index is -0.570. The van der Waals surface area contributed by atoms with Gasteiger partial charge < -0.3 is 14.8 Å². The highest BCUT2D eigenvalue weighted by Gasteiger charge is 2.38. The summed E-state index contributed by atoms with van der Waals surface area (Å²) in [6, 6.07) is 8.65. The Morgan fingerprint density at radius 1 is 1.22 bits per heavy atom. The molecule has 1 aromatic rings. The molecule has 1 aliphatic rings. The van der Waals surface area contributed by atoms with E-state index in [2.05, 4.69) is 5.32 Å². The molecule has 5 nitrogen and oxygen atoms in total. The van der Waals surface area contributed by atoms with Crippen LogP contribution in [0.1, 0.15) is 11.6 Å². The largest absolute Gasteiger partial charge is 0.491 e. The third kappa shape index (κ3) is 1.95. The van der Waals surface area contributed by atoms with Crippen LogP contribution in [0.15, 0.2) is 41.7 Å². The summed E-state index contributed by atoms with van der Waals surface area (Å²) in [6.45, 7) is 0. The number of esters is 1. The molecule has 0 aromatic heterocycles. The molecule has 1 heterocycles. The van der Waals surface area contributed by atoms with Crippen molar-refractivity contribution in [2.75, 3.05) is 14.2 Å². The van der Waals surface area contributed by atoms with Crippen LogP contribution in [0, 0.1) is 0 Å². The fraction of sp³-hybridized carbons (Fsp3) is 0.231. The fourth-order valence-electron chi connectivity index (χ4n) is 1.94. The highest BCUT2D eigenvalue weighted by atomic mass is 16.5. The molecule has 1 unspecified atom stereocenters. The van der Waals surface area contributed by atoms with Gasteiger partial charge in [0, 0.05) is 0 Å². The molecule has 94 valence electrons. The third-order valence-electron chi connectivity index (χ3n) is 2.76. The quantitative estimate of drug-likeness (QED) is 0.807. The van der Waals surface area contributed by atoms with Crippen molar-refractivity contribution in [2.24, 2.45) is 0 Å². The second kappa shape index (κ2) is 4.91. The molecule has 0 spiro atoms. The molecular formula is C13H13NO4. The summed E-state index contributed by atoms with van der Waals surface area (Å²) in [7, 11) is 2.62. The Morgan fingerprint density at radius 2 is 1.89 bits per heavy atom. The third-order valence-corrected chi connectivity index (χ3v) is 2.76. The highest BCUT2D eigenvalue weighted by Crippen LogP contribution is 2.31. The van der Waals surface area contributed by atoms with Crippen molar-refractivity contribution in [3.8, 4) is 0 Å². The Hall–Kier alpha value is -2.30. The number of nitrogens with one attached hydrogen (secondary N) is 1. The van der Waals surface area contributed by atoms with Gasteiger partial charge in [-0.15, -0.1) is 0 Å². The first kappa shape index (κ1) is 12.2. The van der Waals surface area contributed by atoms with Crippen molar-refractivity contribution in [1.82, 2.24) is 5.32 Å². The molecule has 1 atom stereocenters. The second-order valence-electron chi connectivity index (χ2n) is 3.76. The maximum absolute atomic E-state index is 11.8. The van der Waals surface area contributed by atoms with E-state index in [1.165, 1.54) is 14.2 Å².